The molecule has 0 radical (unpaired) electrons. The Morgan fingerprint density at radius 2 is 2.00 bits per heavy atom. The normalized spacial score (nSPS) is 39.9. The number of hydrogen-bond donors (Lipinski definition) is 1. The molecule has 1 unspecified atom stereocenters. The molecule has 7 rings (SSSR count). The molecule has 1 N–H and O–H groups in total. The highest BCUT2D eigenvalue weighted by atomic mass is 16.5. The van der Waals surface area contributed by atoms with Crippen LogP contribution >= 0.6 is 0 Å². The van der Waals surface area contributed by atoms with Crippen molar-refractivity contribution in [3.63, 3.8) is 0 Å². The topological polar surface area (TPSA) is 59.0 Å². The van der Waals surface area contributed by atoms with Gasteiger partial charge in [-0.2, -0.15) is 0 Å². The molecular weight excluding hydrogens is 366 g/mol. The van der Waals surface area contributed by atoms with E-state index < -0.39 is 11.5 Å². The van der Waals surface area contributed by atoms with Crippen molar-refractivity contribution in [2.45, 2.75) is 74.5 Å². The summed E-state index contributed by atoms with van der Waals surface area (Å²) in [5, 5.41) is 10.6. The third-order valence-corrected chi connectivity index (χ3v) is 8.79. The van der Waals surface area contributed by atoms with Crippen LogP contribution in [0.25, 0.3) is 0 Å². The van der Waals surface area contributed by atoms with Crippen LogP contribution in [0.15, 0.2) is 12.1 Å². The van der Waals surface area contributed by atoms with E-state index in [1.165, 1.54) is 31.2 Å². The molecule has 1 aromatic rings. The zero-order chi connectivity index (χ0) is 19.4. The first kappa shape index (κ1) is 17.1. The van der Waals surface area contributed by atoms with Crippen LogP contribution in [0.1, 0.15) is 56.1 Å². The molecule has 0 amide bonds. The summed E-state index contributed by atoms with van der Waals surface area (Å²) < 4.78 is 13.3. The zero-order valence-corrected chi connectivity index (χ0v) is 16.9. The Labute approximate surface area is 171 Å². The van der Waals surface area contributed by atoms with E-state index in [1.807, 2.05) is 0 Å². The number of piperidine rings is 1. The highest BCUT2D eigenvalue weighted by molar-refractivity contribution is 5.90. The summed E-state index contributed by atoms with van der Waals surface area (Å²) in [6.45, 7) is 2.96. The second-order valence-electron chi connectivity index (χ2n) is 10.4. The lowest BCUT2D eigenvalue weighted by Crippen LogP contribution is -2.77. The van der Waals surface area contributed by atoms with Crippen molar-refractivity contribution in [1.29, 1.82) is 0 Å². The van der Waals surface area contributed by atoms with Gasteiger partial charge in [0.1, 0.15) is 0 Å². The molecule has 1 aromatic carbocycles. The molecule has 5 nitrogen and oxygen atoms in total. The van der Waals surface area contributed by atoms with Crippen molar-refractivity contribution in [1.82, 2.24) is 4.90 Å². The second kappa shape index (κ2) is 5.55. The van der Waals surface area contributed by atoms with Gasteiger partial charge in [-0.1, -0.05) is 6.07 Å². The van der Waals surface area contributed by atoms with Crippen LogP contribution in [0.5, 0.6) is 11.5 Å². The number of rotatable bonds is 5. The molecular formula is C24H29NO4. The third kappa shape index (κ3) is 2.11. The highest BCUT2D eigenvalue weighted by Crippen LogP contribution is 2.66. The van der Waals surface area contributed by atoms with Gasteiger partial charge in [0.25, 0.3) is 0 Å². The minimum atomic E-state index is -0.497. The van der Waals surface area contributed by atoms with Crippen molar-refractivity contribution in [2.24, 2.45) is 11.8 Å². The van der Waals surface area contributed by atoms with Gasteiger partial charge in [-0.05, 0) is 75.0 Å². The Morgan fingerprint density at radius 3 is 2.79 bits per heavy atom. The molecule has 1 saturated heterocycles. The molecule has 29 heavy (non-hydrogen) atoms. The van der Waals surface area contributed by atoms with Gasteiger partial charge in [-0.15, -0.1) is 0 Å². The quantitative estimate of drug-likeness (QED) is 0.831. The summed E-state index contributed by atoms with van der Waals surface area (Å²) in [7, 11) is 0. The average molecular weight is 395 g/mol. The van der Waals surface area contributed by atoms with Crippen molar-refractivity contribution in [3.05, 3.63) is 23.3 Å². The van der Waals surface area contributed by atoms with E-state index in [0.29, 0.717) is 24.1 Å². The maximum absolute atomic E-state index is 13.1. The Hall–Kier alpha value is -1.59. The molecule has 6 aliphatic rings. The fourth-order valence-electron chi connectivity index (χ4n) is 7.08. The molecule has 2 aliphatic heterocycles. The van der Waals surface area contributed by atoms with Gasteiger partial charge in [0, 0.05) is 24.6 Å². The smallest absolute Gasteiger partial charge is 0.174 e. The number of phenols is 1. The molecule has 4 fully saturated rings. The van der Waals surface area contributed by atoms with Crippen molar-refractivity contribution >= 4 is 5.78 Å². The summed E-state index contributed by atoms with van der Waals surface area (Å²) in [4.78, 5) is 15.8. The Balaban J connectivity index is 1.43. The Bertz CT molecular complexity index is 906. The van der Waals surface area contributed by atoms with E-state index in [0.717, 1.165) is 50.4 Å². The van der Waals surface area contributed by atoms with E-state index in [2.05, 4.69) is 11.0 Å². The van der Waals surface area contributed by atoms with Crippen LogP contribution in [0, 0.1) is 11.8 Å². The van der Waals surface area contributed by atoms with Gasteiger partial charge >= 0.3 is 0 Å². The van der Waals surface area contributed by atoms with E-state index in [9.17, 15) is 9.90 Å². The van der Waals surface area contributed by atoms with Crippen molar-refractivity contribution in [2.75, 3.05) is 19.7 Å². The molecule has 1 spiro atoms. The number of ketones is 1. The predicted octanol–water partition coefficient (Wildman–Crippen LogP) is 2.96. The standard InChI is InChI=1S/C24H29NO4/c26-17-6-5-16-11-19-24(28-13-15-3-4-15)8-7-18(27)22-23(24,20(16)21(17)29-22)9-10-25(19)12-14-1-2-14/h5-6,14-15,19,22,26H,1-4,7-13H2/t19-,22+,23+,24?/m1/s1. The van der Waals surface area contributed by atoms with Crippen molar-refractivity contribution < 1.29 is 19.4 Å². The van der Waals surface area contributed by atoms with Gasteiger partial charge in [0.15, 0.2) is 23.4 Å². The van der Waals surface area contributed by atoms with Crippen LogP contribution in [-0.4, -0.2) is 53.2 Å². The molecule has 5 heteroatoms. The lowest BCUT2D eigenvalue weighted by atomic mass is 9.48. The first-order valence-corrected chi connectivity index (χ1v) is 11.5. The number of phenolic OH excluding ortho intramolecular Hbond substituents is 1. The molecule has 154 valence electrons. The number of aromatic hydroxyl groups is 1. The van der Waals surface area contributed by atoms with E-state index in [4.69, 9.17) is 9.47 Å². The molecule has 2 heterocycles. The molecule has 3 saturated carbocycles. The van der Waals surface area contributed by atoms with Crippen LogP contribution in [0.2, 0.25) is 0 Å². The van der Waals surface area contributed by atoms with Gasteiger partial charge in [0.2, 0.25) is 0 Å². The average Bonchev–Trinajstić information content (AvgIpc) is 3.63. The van der Waals surface area contributed by atoms with Gasteiger partial charge in [-0.25, -0.2) is 0 Å². The number of likely N-dealkylation sites (tertiary alicyclic amines) is 1. The minimum absolute atomic E-state index is 0.176. The maximum atomic E-state index is 13.1. The van der Waals surface area contributed by atoms with E-state index >= 15 is 0 Å². The van der Waals surface area contributed by atoms with Crippen LogP contribution in [0.4, 0.5) is 0 Å². The lowest BCUT2D eigenvalue weighted by molar-refractivity contribution is -0.215. The van der Waals surface area contributed by atoms with Crippen LogP contribution < -0.4 is 4.74 Å². The third-order valence-electron chi connectivity index (χ3n) is 8.79. The lowest BCUT2D eigenvalue weighted by Gasteiger charge is -2.64. The maximum Gasteiger partial charge on any atom is 0.174 e. The van der Waals surface area contributed by atoms with E-state index in [-0.39, 0.29) is 17.1 Å². The number of carbonyl (C=O) groups is 1. The number of hydrogen-bond acceptors (Lipinski definition) is 5. The fourth-order valence-corrected chi connectivity index (χ4v) is 7.08. The molecule has 0 aromatic heterocycles. The summed E-state index contributed by atoms with van der Waals surface area (Å²) in [6, 6.07) is 4.13. The fraction of sp³-hybridized carbons (Fsp3) is 0.708. The summed E-state index contributed by atoms with van der Waals surface area (Å²) in [5.41, 5.74) is 1.57. The minimum Gasteiger partial charge on any atom is -0.504 e. The Morgan fingerprint density at radius 1 is 1.17 bits per heavy atom. The highest BCUT2D eigenvalue weighted by Gasteiger charge is 2.74. The number of Topliss-reactive ketones (excluding diaryl/α,β-unsaturated/α-hetero) is 1. The van der Waals surface area contributed by atoms with Gasteiger partial charge < -0.3 is 14.6 Å². The second-order valence-corrected chi connectivity index (χ2v) is 10.4. The zero-order valence-electron chi connectivity index (χ0n) is 16.9. The molecule has 4 atom stereocenters. The first-order valence-electron chi connectivity index (χ1n) is 11.5. The van der Waals surface area contributed by atoms with Gasteiger partial charge in [0.05, 0.1) is 17.6 Å². The number of carbonyl (C=O) groups excluding carboxylic acids is 1. The Kier molecular flexibility index (Phi) is 3.28. The van der Waals surface area contributed by atoms with Crippen LogP contribution in [0.3, 0.4) is 0 Å². The monoisotopic (exact) mass is 395 g/mol. The number of ether oxygens (including phenoxy) is 2. The number of benzene rings is 1. The SMILES string of the molecule is O=C1CCC2(OCC3CC3)[C@H]3Cc4ccc(O)c5c4[C@@]2(CCN3CC2CC2)[C@H]1O5. The van der Waals surface area contributed by atoms with E-state index in [1.54, 1.807) is 6.07 Å². The largest absolute Gasteiger partial charge is 0.504 e. The van der Waals surface area contributed by atoms with Crippen LogP contribution in [-0.2, 0) is 21.4 Å². The summed E-state index contributed by atoms with van der Waals surface area (Å²) >= 11 is 0. The van der Waals surface area contributed by atoms with Crippen molar-refractivity contribution in [3.8, 4) is 11.5 Å². The summed E-state index contributed by atoms with van der Waals surface area (Å²) in [6.07, 6.45) is 7.87. The van der Waals surface area contributed by atoms with Gasteiger partial charge in [-0.3, -0.25) is 9.69 Å². The predicted molar refractivity (Wildman–Crippen MR) is 106 cm³/mol. The summed E-state index contributed by atoms with van der Waals surface area (Å²) in [5.74, 6) is 2.45. The molecule has 2 bridgehead atoms. The number of nitrogens with zero attached hydrogens (tertiary/aromatic N) is 1. The first-order chi connectivity index (χ1) is 14.1. The molecule has 4 aliphatic carbocycles.